The van der Waals surface area contributed by atoms with Gasteiger partial charge in [0.2, 0.25) is 11.1 Å². The molecule has 31 heavy (non-hydrogen) atoms. The maximum absolute atomic E-state index is 12.5. The van der Waals surface area contributed by atoms with Crippen LogP contribution in [0, 0.1) is 17.2 Å². The maximum atomic E-state index is 12.5. The molecule has 1 amide bonds. The van der Waals surface area contributed by atoms with Gasteiger partial charge in [0, 0.05) is 15.5 Å². The molecular formula is C20H18Cl2N6OS2. The molecule has 0 radical (unpaired) electrons. The minimum Gasteiger partial charge on any atom is -0.335 e. The Kier molecular flexibility index (Phi) is 6.44. The van der Waals surface area contributed by atoms with Gasteiger partial charge in [0.15, 0.2) is 5.82 Å². The molecule has 0 aliphatic heterocycles. The van der Waals surface area contributed by atoms with Crippen LogP contribution in [0.4, 0.5) is 5.00 Å². The number of nitriles is 1. The number of carbonyl (C=O) groups is 1. The van der Waals surface area contributed by atoms with Crippen LogP contribution in [0.25, 0.3) is 11.4 Å². The number of nitrogens with two attached hydrogens (primary N) is 1. The predicted octanol–water partition coefficient (Wildman–Crippen LogP) is 4.75. The predicted molar refractivity (Wildman–Crippen MR) is 125 cm³/mol. The van der Waals surface area contributed by atoms with Crippen LogP contribution in [-0.4, -0.2) is 26.5 Å². The van der Waals surface area contributed by atoms with E-state index >= 15 is 0 Å². The summed E-state index contributed by atoms with van der Waals surface area (Å²) >= 11 is 14.8. The molecule has 0 fully saturated rings. The first kappa shape index (κ1) is 22.0. The number of anilines is 1. The van der Waals surface area contributed by atoms with Crippen molar-refractivity contribution in [1.29, 1.82) is 5.26 Å². The van der Waals surface area contributed by atoms with E-state index in [1.165, 1.54) is 20.9 Å². The zero-order chi connectivity index (χ0) is 22.1. The summed E-state index contributed by atoms with van der Waals surface area (Å²) in [5.41, 5.74) is 2.26. The van der Waals surface area contributed by atoms with Crippen LogP contribution in [0.2, 0.25) is 10.0 Å². The number of aromatic nitrogens is 3. The lowest BCUT2D eigenvalue weighted by atomic mass is 9.89. The molecule has 0 saturated carbocycles. The van der Waals surface area contributed by atoms with Crippen LogP contribution in [0.5, 0.6) is 0 Å². The van der Waals surface area contributed by atoms with E-state index in [1.807, 2.05) is 0 Å². The Morgan fingerprint density at radius 1 is 1.45 bits per heavy atom. The Bertz CT molecular complexity index is 1200. The Labute approximate surface area is 197 Å². The molecule has 1 aromatic carbocycles. The van der Waals surface area contributed by atoms with Gasteiger partial charge in [0.25, 0.3) is 0 Å². The first-order valence-electron chi connectivity index (χ1n) is 9.50. The number of hydrogen-bond acceptors (Lipinski definition) is 7. The maximum Gasteiger partial charge on any atom is 0.235 e. The molecule has 2 aromatic heterocycles. The van der Waals surface area contributed by atoms with Crippen LogP contribution in [0.1, 0.15) is 29.3 Å². The van der Waals surface area contributed by atoms with E-state index in [-0.39, 0.29) is 11.7 Å². The third kappa shape index (κ3) is 4.53. The van der Waals surface area contributed by atoms with Gasteiger partial charge in [-0.3, -0.25) is 4.79 Å². The molecule has 1 atom stereocenters. The van der Waals surface area contributed by atoms with E-state index in [9.17, 15) is 10.1 Å². The summed E-state index contributed by atoms with van der Waals surface area (Å²) in [7, 11) is 0. The van der Waals surface area contributed by atoms with Gasteiger partial charge >= 0.3 is 0 Å². The van der Waals surface area contributed by atoms with Crippen molar-refractivity contribution in [2.75, 3.05) is 16.9 Å². The highest BCUT2D eigenvalue weighted by molar-refractivity contribution is 7.99. The van der Waals surface area contributed by atoms with E-state index in [1.54, 1.807) is 18.2 Å². The highest BCUT2D eigenvalue weighted by Crippen LogP contribution is 2.39. The van der Waals surface area contributed by atoms with E-state index < -0.39 is 0 Å². The van der Waals surface area contributed by atoms with Crippen LogP contribution < -0.4 is 11.2 Å². The molecule has 4 rings (SSSR count). The highest BCUT2D eigenvalue weighted by Gasteiger charge is 2.25. The fourth-order valence-corrected chi connectivity index (χ4v) is 6.01. The van der Waals surface area contributed by atoms with Gasteiger partial charge in [-0.05, 0) is 48.9 Å². The Morgan fingerprint density at radius 2 is 2.26 bits per heavy atom. The third-order valence-corrected chi connectivity index (χ3v) is 7.71. The summed E-state index contributed by atoms with van der Waals surface area (Å²) < 4.78 is 1.29. The molecule has 1 unspecified atom stereocenters. The largest absolute Gasteiger partial charge is 0.335 e. The van der Waals surface area contributed by atoms with Crippen molar-refractivity contribution < 1.29 is 4.79 Å². The number of carbonyl (C=O) groups excluding carboxylic acids is 1. The summed E-state index contributed by atoms with van der Waals surface area (Å²) in [6, 6.07) is 7.25. The lowest BCUT2D eigenvalue weighted by Crippen LogP contribution is -2.16. The van der Waals surface area contributed by atoms with Crippen molar-refractivity contribution >= 4 is 57.2 Å². The molecule has 7 nitrogen and oxygen atoms in total. The van der Waals surface area contributed by atoms with Crippen LogP contribution in [0.15, 0.2) is 23.4 Å². The topological polar surface area (TPSA) is 110 Å². The fourth-order valence-electron chi connectivity index (χ4n) is 3.48. The Hall–Kier alpha value is -2.25. The van der Waals surface area contributed by atoms with E-state index in [0.717, 1.165) is 36.6 Å². The average Bonchev–Trinajstić information content (AvgIpc) is 3.25. The number of rotatable bonds is 5. The number of halogens is 2. The monoisotopic (exact) mass is 492 g/mol. The molecule has 1 aliphatic carbocycles. The SMILES string of the molecule is CC1CCc2c(sc(NC(=O)CSc3nnc(-c4ccc(Cl)cc4Cl)n3N)c2C#N)C1. The van der Waals surface area contributed by atoms with Crippen molar-refractivity contribution in [2.45, 2.75) is 31.3 Å². The van der Waals surface area contributed by atoms with Crippen LogP contribution in [-0.2, 0) is 17.6 Å². The molecule has 160 valence electrons. The van der Waals surface area contributed by atoms with Gasteiger partial charge in [0.05, 0.1) is 16.3 Å². The Balaban J connectivity index is 1.45. The lowest BCUT2D eigenvalue weighted by molar-refractivity contribution is -0.113. The van der Waals surface area contributed by atoms with E-state index in [2.05, 4.69) is 28.5 Å². The number of thiophene rings is 1. The first-order valence-corrected chi connectivity index (χ1v) is 12.1. The van der Waals surface area contributed by atoms with Crippen molar-refractivity contribution in [3.8, 4) is 17.5 Å². The number of hydrogen-bond donors (Lipinski definition) is 2. The zero-order valence-corrected chi connectivity index (χ0v) is 19.6. The van der Waals surface area contributed by atoms with Crippen molar-refractivity contribution in [3.63, 3.8) is 0 Å². The van der Waals surface area contributed by atoms with Crippen molar-refractivity contribution in [3.05, 3.63) is 44.2 Å². The summed E-state index contributed by atoms with van der Waals surface area (Å²) in [5.74, 6) is 6.92. The van der Waals surface area contributed by atoms with E-state index in [4.69, 9.17) is 29.0 Å². The second-order valence-corrected chi connectivity index (χ2v) is 10.2. The quantitative estimate of drug-likeness (QED) is 0.392. The minimum absolute atomic E-state index is 0.0769. The van der Waals surface area contributed by atoms with Crippen molar-refractivity contribution in [2.24, 2.45) is 5.92 Å². The van der Waals surface area contributed by atoms with Crippen LogP contribution in [0.3, 0.4) is 0 Å². The summed E-state index contributed by atoms with van der Waals surface area (Å²) in [5, 5.41) is 22.5. The number of fused-ring (bicyclic) bond motifs is 1. The molecule has 3 N–H and O–H groups in total. The Morgan fingerprint density at radius 3 is 3.00 bits per heavy atom. The standard InChI is InChI=1S/C20H18Cl2N6OS2/c1-10-2-4-12-14(8-23)19(31-16(12)6-10)25-17(29)9-30-20-27-26-18(28(20)24)13-5-3-11(21)7-15(13)22/h3,5,7,10H,2,4,6,9,24H2,1H3,(H,25,29). The summed E-state index contributed by atoms with van der Waals surface area (Å²) in [6.45, 7) is 2.21. The minimum atomic E-state index is -0.234. The molecule has 3 aromatic rings. The highest BCUT2D eigenvalue weighted by atomic mass is 35.5. The van der Waals surface area contributed by atoms with Gasteiger partial charge in [0.1, 0.15) is 11.1 Å². The molecule has 1 aliphatic rings. The van der Waals surface area contributed by atoms with Gasteiger partial charge in [-0.2, -0.15) is 5.26 Å². The number of thioether (sulfide) groups is 1. The summed E-state index contributed by atoms with van der Waals surface area (Å²) in [4.78, 5) is 13.7. The molecule has 0 saturated heterocycles. The van der Waals surface area contributed by atoms with Gasteiger partial charge in [-0.1, -0.05) is 41.9 Å². The number of amides is 1. The van der Waals surface area contributed by atoms with Crippen molar-refractivity contribution in [1.82, 2.24) is 14.9 Å². The third-order valence-electron chi connectivity index (χ3n) is 5.05. The van der Waals surface area contributed by atoms with Gasteiger partial charge in [-0.25, -0.2) is 4.68 Å². The summed E-state index contributed by atoms with van der Waals surface area (Å²) in [6.07, 6.45) is 2.90. The number of nitrogens with one attached hydrogen (secondary N) is 1. The number of nitrogens with zero attached hydrogens (tertiary/aromatic N) is 4. The molecule has 2 heterocycles. The lowest BCUT2D eigenvalue weighted by Gasteiger charge is -2.17. The zero-order valence-electron chi connectivity index (χ0n) is 16.5. The second kappa shape index (κ2) is 9.09. The second-order valence-electron chi connectivity index (χ2n) is 7.30. The smallest absolute Gasteiger partial charge is 0.235 e. The number of benzene rings is 1. The fraction of sp³-hybridized carbons (Fsp3) is 0.300. The van der Waals surface area contributed by atoms with Crippen LogP contribution >= 0.6 is 46.3 Å². The molecule has 0 bridgehead atoms. The van der Waals surface area contributed by atoms with Gasteiger partial charge < -0.3 is 11.2 Å². The molecule has 11 heteroatoms. The molecular weight excluding hydrogens is 475 g/mol. The van der Waals surface area contributed by atoms with Gasteiger partial charge in [-0.15, -0.1) is 21.5 Å². The van der Waals surface area contributed by atoms with E-state index in [0.29, 0.717) is 43.1 Å². The normalized spacial score (nSPS) is 15.4. The average molecular weight is 493 g/mol. The first-order chi connectivity index (χ1) is 14.9. The number of nitrogen functional groups attached to an aromatic ring is 1. The molecule has 0 spiro atoms.